The second-order valence-electron chi connectivity index (χ2n) is 8.47. The lowest BCUT2D eigenvalue weighted by molar-refractivity contribution is 0.243. The van der Waals surface area contributed by atoms with Crippen LogP contribution in [0.2, 0.25) is 5.02 Å². The first-order valence-corrected chi connectivity index (χ1v) is 11.1. The van der Waals surface area contributed by atoms with Gasteiger partial charge in [0.2, 0.25) is 5.95 Å². The first-order chi connectivity index (χ1) is 15.2. The Labute approximate surface area is 185 Å². The molecule has 2 aliphatic heterocycles. The Morgan fingerprint density at radius 3 is 2.48 bits per heavy atom. The molecule has 0 atom stereocenters. The Morgan fingerprint density at radius 2 is 1.74 bits per heavy atom. The van der Waals surface area contributed by atoms with Gasteiger partial charge in [0.15, 0.2) is 5.82 Å². The maximum absolute atomic E-state index is 13.2. The molecule has 7 nitrogen and oxygen atoms in total. The highest BCUT2D eigenvalue weighted by Gasteiger charge is 2.34. The summed E-state index contributed by atoms with van der Waals surface area (Å²) in [6, 6.07) is 9.93. The molecule has 0 spiro atoms. The number of hydrogen-bond acceptors (Lipinski definition) is 6. The predicted molar refractivity (Wildman–Crippen MR) is 117 cm³/mol. The average molecular weight is 440 g/mol. The third kappa shape index (κ3) is 3.53. The van der Waals surface area contributed by atoms with E-state index in [0.717, 1.165) is 67.6 Å². The van der Waals surface area contributed by atoms with Crippen LogP contribution in [-0.2, 0) is 13.1 Å². The fourth-order valence-electron chi connectivity index (χ4n) is 4.60. The quantitative estimate of drug-likeness (QED) is 0.624. The van der Waals surface area contributed by atoms with Crippen LogP contribution in [0, 0.1) is 5.82 Å². The van der Waals surface area contributed by atoms with Gasteiger partial charge >= 0.3 is 0 Å². The second-order valence-corrected chi connectivity index (χ2v) is 8.91. The molecular weight excluding hydrogens is 417 g/mol. The number of aromatic nitrogens is 4. The van der Waals surface area contributed by atoms with Crippen LogP contribution >= 0.6 is 11.6 Å². The van der Waals surface area contributed by atoms with Crippen LogP contribution in [-0.4, -0.2) is 56.9 Å². The molecule has 3 aliphatic rings. The monoisotopic (exact) mass is 439 g/mol. The lowest BCUT2D eigenvalue weighted by Gasteiger charge is -2.35. The van der Waals surface area contributed by atoms with Crippen molar-refractivity contribution in [1.29, 1.82) is 0 Å². The molecule has 9 heteroatoms. The summed E-state index contributed by atoms with van der Waals surface area (Å²) in [7, 11) is 0. The van der Waals surface area contributed by atoms with Crippen LogP contribution in [0.15, 0.2) is 36.5 Å². The van der Waals surface area contributed by atoms with E-state index >= 15 is 0 Å². The molecule has 1 saturated heterocycles. The van der Waals surface area contributed by atoms with Crippen molar-refractivity contribution in [2.24, 2.45) is 0 Å². The van der Waals surface area contributed by atoms with E-state index in [1.807, 2.05) is 6.07 Å². The molecule has 0 radical (unpaired) electrons. The van der Waals surface area contributed by atoms with Gasteiger partial charge in [-0.2, -0.15) is 0 Å². The lowest BCUT2D eigenvalue weighted by atomic mass is 10.1. The van der Waals surface area contributed by atoms with Crippen LogP contribution in [0.25, 0.3) is 5.69 Å². The molecule has 31 heavy (non-hydrogen) atoms. The highest BCUT2D eigenvalue weighted by Crippen LogP contribution is 2.36. The Bertz CT molecular complexity index is 1100. The predicted octanol–water partition coefficient (Wildman–Crippen LogP) is 3.26. The number of nitrogens with zero attached hydrogens (tertiary/aromatic N) is 7. The SMILES string of the molecule is Fc1ccc(N2CCN(c3nnc4n3-c3ccc(Cl)cc3CN(C3CC3)C4)CC2)nc1. The van der Waals surface area contributed by atoms with E-state index in [-0.39, 0.29) is 5.82 Å². The number of halogens is 2. The van der Waals surface area contributed by atoms with Crippen molar-refractivity contribution in [3.8, 4) is 5.69 Å². The van der Waals surface area contributed by atoms with Crippen LogP contribution in [0.5, 0.6) is 0 Å². The molecule has 1 saturated carbocycles. The summed E-state index contributed by atoms with van der Waals surface area (Å²) in [5.74, 6) is 2.35. The molecule has 2 fully saturated rings. The number of anilines is 2. The molecule has 160 valence electrons. The number of fused-ring (bicyclic) bond motifs is 3. The largest absolute Gasteiger partial charge is 0.353 e. The van der Waals surface area contributed by atoms with Crippen molar-refractivity contribution < 1.29 is 4.39 Å². The summed E-state index contributed by atoms with van der Waals surface area (Å²) in [4.78, 5) is 11.2. The summed E-state index contributed by atoms with van der Waals surface area (Å²) in [6.07, 6.45) is 3.76. The Hall–Kier alpha value is -2.71. The highest BCUT2D eigenvalue weighted by atomic mass is 35.5. The van der Waals surface area contributed by atoms with Crippen molar-refractivity contribution in [1.82, 2.24) is 24.6 Å². The van der Waals surface area contributed by atoms with Crippen molar-refractivity contribution >= 4 is 23.4 Å². The molecule has 0 amide bonds. The summed E-state index contributed by atoms with van der Waals surface area (Å²) in [6.45, 7) is 4.86. The van der Waals surface area contributed by atoms with Gasteiger partial charge in [-0.3, -0.25) is 9.47 Å². The number of piperazine rings is 1. The van der Waals surface area contributed by atoms with Gasteiger partial charge in [0.1, 0.15) is 11.6 Å². The van der Waals surface area contributed by atoms with E-state index in [1.165, 1.54) is 30.7 Å². The van der Waals surface area contributed by atoms with Gasteiger partial charge in [0.25, 0.3) is 0 Å². The normalized spacial score (nSPS) is 19.2. The molecule has 1 aliphatic carbocycles. The molecule has 6 rings (SSSR count). The van der Waals surface area contributed by atoms with Crippen molar-refractivity contribution in [3.05, 3.63) is 58.8 Å². The zero-order valence-corrected chi connectivity index (χ0v) is 17.8. The van der Waals surface area contributed by atoms with E-state index in [4.69, 9.17) is 11.6 Å². The topological polar surface area (TPSA) is 53.3 Å². The molecule has 0 unspecified atom stereocenters. The molecule has 4 heterocycles. The number of rotatable bonds is 3. The summed E-state index contributed by atoms with van der Waals surface area (Å²) in [5.41, 5.74) is 2.33. The molecule has 3 aromatic rings. The number of hydrogen-bond donors (Lipinski definition) is 0. The van der Waals surface area contributed by atoms with Crippen molar-refractivity contribution in [3.63, 3.8) is 0 Å². The van der Waals surface area contributed by atoms with E-state index < -0.39 is 0 Å². The summed E-state index contributed by atoms with van der Waals surface area (Å²) in [5, 5.41) is 9.95. The van der Waals surface area contributed by atoms with Crippen molar-refractivity contribution in [2.75, 3.05) is 36.0 Å². The minimum Gasteiger partial charge on any atom is -0.353 e. The van der Waals surface area contributed by atoms with Crippen LogP contribution < -0.4 is 9.80 Å². The lowest BCUT2D eigenvalue weighted by Crippen LogP contribution is -2.47. The van der Waals surface area contributed by atoms with Crippen LogP contribution in [0.3, 0.4) is 0 Å². The highest BCUT2D eigenvalue weighted by molar-refractivity contribution is 6.30. The maximum Gasteiger partial charge on any atom is 0.232 e. The Kier molecular flexibility index (Phi) is 4.57. The first kappa shape index (κ1) is 19.0. The number of benzene rings is 1. The summed E-state index contributed by atoms with van der Waals surface area (Å²) < 4.78 is 15.4. The van der Waals surface area contributed by atoms with Gasteiger partial charge in [0, 0.05) is 43.8 Å². The minimum absolute atomic E-state index is 0.312. The van der Waals surface area contributed by atoms with Gasteiger partial charge in [-0.25, -0.2) is 9.37 Å². The van der Waals surface area contributed by atoms with Crippen molar-refractivity contribution in [2.45, 2.75) is 32.0 Å². The Balaban J connectivity index is 1.30. The smallest absolute Gasteiger partial charge is 0.232 e. The molecular formula is C22H23ClFN7. The van der Waals surface area contributed by atoms with E-state index in [2.05, 4.69) is 46.6 Å². The third-order valence-corrected chi connectivity index (χ3v) is 6.61. The van der Waals surface area contributed by atoms with Crippen LogP contribution in [0.4, 0.5) is 16.2 Å². The van der Waals surface area contributed by atoms with E-state index in [9.17, 15) is 4.39 Å². The molecule has 0 N–H and O–H groups in total. The maximum atomic E-state index is 13.2. The Morgan fingerprint density at radius 1 is 0.935 bits per heavy atom. The van der Waals surface area contributed by atoms with Gasteiger partial charge in [-0.05, 0) is 48.7 Å². The minimum atomic E-state index is -0.312. The fourth-order valence-corrected chi connectivity index (χ4v) is 4.80. The molecule has 1 aromatic carbocycles. The second kappa shape index (κ2) is 7.46. The molecule has 2 aromatic heterocycles. The third-order valence-electron chi connectivity index (χ3n) is 6.37. The van der Waals surface area contributed by atoms with Gasteiger partial charge < -0.3 is 9.80 Å². The van der Waals surface area contributed by atoms with Gasteiger partial charge in [0.05, 0.1) is 18.4 Å². The van der Waals surface area contributed by atoms with Gasteiger partial charge in [-0.15, -0.1) is 10.2 Å². The molecule has 0 bridgehead atoms. The fraction of sp³-hybridized carbons (Fsp3) is 0.409. The van der Waals surface area contributed by atoms with Crippen LogP contribution in [0.1, 0.15) is 24.2 Å². The zero-order valence-electron chi connectivity index (χ0n) is 17.1. The van der Waals surface area contributed by atoms with E-state index in [1.54, 1.807) is 6.07 Å². The summed E-state index contributed by atoms with van der Waals surface area (Å²) >= 11 is 6.34. The van der Waals surface area contributed by atoms with Gasteiger partial charge in [-0.1, -0.05) is 11.6 Å². The zero-order chi connectivity index (χ0) is 20.9. The standard InChI is InChI=1S/C22H23ClFN7/c23-16-1-5-19-15(11-16)13-30(18-3-4-18)14-21-26-27-22(31(19)21)29-9-7-28(8-10-29)20-6-2-17(24)12-25-20/h1-2,5-6,11-12,18H,3-4,7-10,13-14H2. The van der Waals surface area contributed by atoms with E-state index in [0.29, 0.717) is 6.04 Å². The first-order valence-electron chi connectivity index (χ1n) is 10.7. The average Bonchev–Trinajstić information content (AvgIpc) is 3.57. The number of pyridine rings is 1.